The molecular weight excluding hydrogens is 246 g/mol. The minimum Gasteiger partial charge on any atom is -0.366 e. The summed E-state index contributed by atoms with van der Waals surface area (Å²) in [4.78, 5) is 23.6. The first-order valence-electron chi connectivity index (χ1n) is 6.33. The summed E-state index contributed by atoms with van der Waals surface area (Å²) in [5, 5.41) is 13.9. The van der Waals surface area contributed by atoms with Crippen LogP contribution in [0.3, 0.4) is 0 Å². The van der Waals surface area contributed by atoms with Crippen LogP contribution in [0.25, 0.3) is 0 Å². The van der Waals surface area contributed by atoms with Crippen molar-refractivity contribution in [1.29, 1.82) is 0 Å². The second-order valence-electron chi connectivity index (χ2n) is 4.71. The van der Waals surface area contributed by atoms with Gasteiger partial charge in [-0.1, -0.05) is 12.1 Å². The van der Waals surface area contributed by atoms with Crippen LogP contribution in [-0.2, 0) is 4.79 Å². The Balaban J connectivity index is 2.05. The number of para-hydroxylation sites is 2. The Bertz CT molecular complexity index is 482. The van der Waals surface area contributed by atoms with Gasteiger partial charge in [-0.2, -0.15) is 0 Å². The summed E-state index contributed by atoms with van der Waals surface area (Å²) < 4.78 is 0. The fraction of sp³-hybridized carbons (Fsp3) is 0.462. The van der Waals surface area contributed by atoms with Crippen molar-refractivity contribution < 1.29 is 9.72 Å². The molecule has 0 aromatic heterocycles. The largest absolute Gasteiger partial charge is 0.366 e. The monoisotopic (exact) mass is 263 g/mol. The van der Waals surface area contributed by atoms with Crippen LogP contribution in [-0.4, -0.2) is 30.0 Å². The van der Waals surface area contributed by atoms with Crippen LogP contribution in [0.15, 0.2) is 24.3 Å². The smallest absolute Gasteiger partial charge is 0.292 e. The number of nitrogens with zero attached hydrogens (tertiary/aromatic N) is 2. The standard InChI is InChI=1S/C13H17N3O3/c1-10(17)14-11-6-8-15(9-7-11)12-4-2-3-5-13(12)16(18)19/h2-5,11H,6-9H2,1H3,(H,14,17). The van der Waals surface area contributed by atoms with E-state index in [1.807, 2.05) is 11.0 Å². The van der Waals surface area contributed by atoms with Crippen LogP contribution in [0, 0.1) is 10.1 Å². The zero-order chi connectivity index (χ0) is 13.8. The predicted molar refractivity (Wildman–Crippen MR) is 72.1 cm³/mol. The van der Waals surface area contributed by atoms with Crippen molar-refractivity contribution in [3.8, 4) is 0 Å². The van der Waals surface area contributed by atoms with Gasteiger partial charge in [0.05, 0.1) is 4.92 Å². The number of rotatable bonds is 3. The molecule has 1 N–H and O–H groups in total. The van der Waals surface area contributed by atoms with Crippen molar-refractivity contribution in [1.82, 2.24) is 5.32 Å². The molecule has 1 aliphatic heterocycles. The number of carbonyl (C=O) groups is 1. The van der Waals surface area contributed by atoms with Crippen molar-refractivity contribution in [2.45, 2.75) is 25.8 Å². The van der Waals surface area contributed by atoms with Gasteiger partial charge in [0, 0.05) is 32.1 Å². The zero-order valence-corrected chi connectivity index (χ0v) is 10.8. The zero-order valence-electron chi connectivity index (χ0n) is 10.8. The molecule has 0 atom stereocenters. The fourth-order valence-corrected chi connectivity index (χ4v) is 2.44. The van der Waals surface area contributed by atoms with Crippen molar-refractivity contribution in [3.05, 3.63) is 34.4 Å². The van der Waals surface area contributed by atoms with Crippen LogP contribution < -0.4 is 10.2 Å². The second kappa shape index (κ2) is 5.69. The SMILES string of the molecule is CC(=O)NC1CCN(c2ccccc2[N+](=O)[O-])CC1. The topological polar surface area (TPSA) is 75.5 Å². The average molecular weight is 263 g/mol. The Labute approximate surface area is 111 Å². The van der Waals surface area contributed by atoms with Gasteiger partial charge in [0.2, 0.25) is 5.91 Å². The Morgan fingerprint density at radius 2 is 2.00 bits per heavy atom. The number of amides is 1. The van der Waals surface area contributed by atoms with Gasteiger partial charge in [-0.3, -0.25) is 14.9 Å². The summed E-state index contributed by atoms with van der Waals surface area (Å²) in [6.45, 7) is 2.94. The molecule has 0 bridgehead atoms. The molecule has 0 unspecified atom stereocenters. The number of nitro benzene ring substituents is 1. The van der Waals surface area contributed by atoms with E-state index in [4.69, 9.17) is 0 Å². The lowest BCUT2D eigenvalue weighted by Crippen LogP contribution is -2.44. The lowest BCUT2D eigenvalue weighted by Gasteiger charge is -2.33. The average Bonchev–Trinajstić information content (AvgIpc) is 2.39. The van der Waals surface area contributed by atoms with Crippen LogP contribution in [0.4, 0.5) is 11.4 Å². The molecule has 1 aromatic rings. The first-order valence-corrected chi connectivity index (χ1v) is 6.33. The number of hydrogen-bond donors (Lipinski definition) is 1. The molecule has 19 heavy (non-hydrogen) atoms. The molecule has 1 heterocycles. The summed E-state index contributed by atoms with van der Waals surface area (Å²) in [5.41, 5.74) is 0.800. The molecule has 102 valence electrons. The van der Waals surface area contributed by atoms with E-state index in [-0.39, 0.29) is 22.6 Å². The van der Waals surface area contributed by atoms with Crippen LogP contribution >= 0.6 is 0 Å². The van der Waals surface area contributed by atoms with Gasteiger partial charge in [-0.15, -0.1) is 0 Å². The minimum absolute atomic E-state index is 0.0239. The van der Waals surface area contributed by atoms with Gasteiger partial charge in [0.15, 0.2) is 0 Å². The lowest BCUT2D eigenvalue weighted by molar-refractivity contribution is -0.384. The molecular formula is C13H17N3O3. The van der Waals surface area contributed by atoms with Crippen molar-refractivity contribution in [2.24, 2.45) is 0 Å². The van der Waals surface area contributed by atoms with Gasteiger partial charge in [-0.05, 0) is 18.9 Å². The third kappa shape index (κ3) is 3.21. The summed E-state index contributed by atoms with van der Waals surface area (Å²) in [6, 6.07) is 6.96. The van der Waals surface area contributed by atoms with E-state index in [2.05, 4.69) is 5.32 Å². The maximum atomic E-state index is 11.0. The van der Waals surface area contributed by atoms with Crippen LogP contribution in [0.2, 0.25) is 0 Å². The highest BCUT2D eigenvalue weighted by atomic mass is 16.6. The van der Waals surface area contributed by atoms with E-state index in [9.17, 15) is 14.9 Å². The molecule has 0 radical (unpaired) electrons. The number of carbonyl (C=O) groups excluding carboxylic acids is 1. The summed E-state index contributed by atoms with van der Waals surface area (Å²) in [5.74, 6) is -0.0239. The van der Waals surface area contributed by atoms with Gasteiger partial charge in [0.1, 0.15) is 5.69 Å². The molecule has 1 aromatic carbocycles. The third-order valence-corrected chi connectivity index (χ3v) is 3.32. The van der Waals surface area contributed by atoms with Crippen molar-refractivity contribution >= 4 is 17.3 Å². The molecule has 1 fully saturated rings. The number of nitrogens with one attached hydrogen (secondary N) is 1. The molecule has 6 nitrogen and oxygen atoms in total. The minimum atomic E-state index is -0.352. The Morgan fingerprint density at radius 3 is 2.58 bits per heavy atom. The molecule has 1 aliphatic rings. The van der Waals surface area contributed by atoms with Crippen molar-refractivity contribution in [3.63, 3.8) is 0 Å². The highest BCUT2D eigenvalue weighted by molar-refractivity contribution is 5.73. The molecule has 2 rings (SSSR count). The van der Waals surface area contributed by atoms with Gasteiger partial charge < -0.3 is 10.2 Å². The summed E-state index contributed by atoms with van der Waals surface area (Å²) in [7, 11) is 0. The number of piperidine rings is 1. The molecule has 0 spiro atoms. The third-order valence-electron chi connectivity index (χ3n) is 3.32. The quantitative estimate of drug-likeness (QED) is 0.665. The van der Waals surface area contributed by atoms with E-state index in [0.717, 1.165) is 25.9 Å². The maximum absolute atomic E-state index is 11.0. The number of anilines is 1. The van der Waals surface area contributed by atoms with E-state index < -0.39 is 0 Å². The molecule has 1 amide bonds. The highest BCUT2D eigenvalue weighted by Gasteiger charge is 2.24. The number of hydrogen-bond acceptors (Lipinski definition) is 4. The summed E-state index contributed by atoms with van der Waals surface area (Å²) >= 11 is 0. The van der Waals surface area contributed by atoms with Gasteiger partial charge in [0.25, 0.3) is 5.69 Å². The van der Waals surface area contributed by atoms with E-state index in [0.29, 0.717) is 5.69 Å². The van der Waals surface area contributed by atoms with Crippen LogP contribution in [0.1, 0.15) is 19.8 Å². The highest BCUT2D eigenvalue weighted by Crippen LogP contribution is 2.29. The number of benzene rings is 1. The second-order valence-corrected chi connectivity index (χ2v) is 4.71. The number of nitro groups is 1. The molecule has 1 saturated heterocycles. The Morgan fingerprint density at radius 1 is 1.37 bits per heavy atom. The Hall–Kier alpha value is -2.11. The fourth-order valence-electron chi connectivity index (χ4n) is 2.44. The van der Waals surface area contributed by atoms with E-state index in [1.54, 1.807) is 12.1 Å². The normalized spacial score (nSPS) is 16.2. The first kappa shape index (κ1) is 13.3. The summed E-state index contributed by atoms with van der Waals surface area (Å²) in [6.07, 6.45) is 1.62. The van der Waals surface area contributed by atoms with Crippen LogP contribution in [0.5, 0.6) is 0 Å². The van der Waals surface area contributed by atoms with Gasteiger partial charge >= 0.3 is 0 Å². The molecule has 0 aliphatic carbocycles. The maximum Gasteiger partial charge on any atom is 0.292 e. The van der Waals surface area contributed by atoms with Gasteiger partial charge in [-0.25, -0.2) is 0 Å². The van der Waals surface area contributed by atoms with Crippen molar-refractivity contribution in [2.75, 3.05) is 18.0 Å². The van der Waals surface area contributed by atoms with E-state index >= 15 is 0 Å². The first-order chi connectivity index (χ1) is 9.08. The molecule has 0 saturated carbocycles. The van der Waals surface area contributed by atoms with E-state index in [1.165, 1.54) is 13.0 Å². The Kier molecular flexibility index (Phi) is 3.99. The lowest BCUT2D eigenvalue weighted by atomic mass is 10.0. The molecule has 6 heteroatoms. The predicted octanol–water partition coefficient (Wildman–Crippen LogP) is 1.70.